The summed E-state index contributed by atoms with van der Waals surface area (Å²) >= 11 is 0. The first-order chi connectivity index (χ1) is 11.5. The van der Waals surface area contributed by atoms with Crippen molar-refractivity contribution < 1.29 is 9.53 Å². The molecule has 0 bridgehead atoms. The lowest BCUT2D eigenvalue weighted by Crippen LogP contribution is -2.37. The number of aromatic nitrogens is 2. The first kappa shape index (κ1) is 17.4. The molecule has 0 amide bonds. The Morgan fingerprint density at radius 3 is 2.71 bits per heavy atom. The van der Waals surface area contributed by atoms with Gasteiger partial charge in [-0.3, -0.25) is 19.1 Å². The van der Waals surface area contributed by atoms with Gasteiger partial charge in [-0.1, -0.05) is 19.1 Å². The number of nitrogens with one attached hydrogen (secondary N) is 1. The molecule has 7 nitrogen and oxygen atoms in total. The fourth-order valence-electron chi connectivity index (χ4n) is 2.37. The number of hydrogen-bond acceptors (Lipinski definition) is 5. The van der Waals surface area contributed by atoms with Gasteiger partial charge in [0.05, 0.1) is 11.6 Å². The van der Waals surface area contributed by atoms with Gasteiger partial charge in [0.2, 0.25) is 5.78 Å². The molecule has 0 aliphatic heterocycles. The Morgan fingerprint density at radius 1 is 1.33 bits per heavy atom. The average molecular weight is 327 g/mol. The third kappa shape index (κ3) is 3.34. The summed E-state index contributed by atoms with van der Waals surface area (Å²) < 4.78 is 6.36. The van der Waals surface area contributed by atoms with Gasteiger partial charge in [0, 0.05) is 17.7 Å². The van der Waals surface area contributed by atoms with Crippen molar-refractivity contribution in [2.24, 2.45) is 0 Å². The molecule has 0 saturated carbocycles. The highest BCUT2D eigenvalue weighted by Gasteiger charge is 2.22. The van der Waals surface area contributed by atoms with E-state index in [0.717, 1.165) is 4.57 Å². The topological polar surface area (TPSA) is 105 Å². The summed E-state index contributed by atoms with van der Waals surface area (Å²) in [6, 6.07) is 8.08. The van der Waals surface area contributed by atoms with Gasteiger partial charge in [0.25, 0.3) is 5.56 Å². The zero-order chi connectivity index (χ0) is 17.7. The molecule has 0 fully saturated rings. The lowest BCUT2D eigenvalue weighted by molar-refractivity contribution is 0.0784. The third-order valence-electron chi connectivity index (χ3n) is 3.54. The van der Waals surface area contributed by atoms with E-state index < -0.39 is 17.0 Å². The molecule has 1 aromatic carbocycles. The normalized spacial score (nSPS) is 10.4. The molecule has 124 valence electrons. The lowest BCUT2D eigenvalue weighted by Gasteiger charge is -2.14. The summed E-state index contributed by atoms with van der Waals surface area (Å²) in [5, 5.41) is 8.98. The maximum atomic E-state index is 12.9. The number of H-pyrrole nitrogens is 1. The van der Waals surface area contributed by atoms with Crippen LogP contribution in [0.2, 0.25) is 0 Å². The van der Waals surface area contributed by atoms with Crippen LogP contribution >= 0.6 is 0 Å². The number of carbonyl (C=O) groups excluding carboxylic acids is 1. The summed E-state index contributed by atoms with van der Waals surface area (Å²) in [5.74, 6) is -0.494. The molecule has 2 aromatic rings. The van der Waals surface area contributed by atoms with Crippen LogP contribution in [0.3, 0.4) is 0 Å². The first-order valence-electron chi connectivity index (χ1n) is 7.52. The van der Waals surface area contributed by atoms with Crippen LogP contribution in [0, 0.1) is 11.3 Å². The number of rotatable bonds is 6. The molecular formula is C17H17N3O4. The summed E-state index contributed by atoms with van der Waals surface area (Å²) in [7, 11) is 0. The Labute approximate surface area is 138 Å². The number of aromatic amines is 1. The quantitative estimate of drug-likeness (QED) is 0.803. The molecule has 0 atom stereocenters. The van der Waals surface area contributed by atoms with Crippen molar-refractivity contribution in [3.8, 4) is 6.07 Å². The zero-order valence-corrected chi connectivity index (χ0v) is 13.5. The highest BCUT2D eigenvalue weighted by Crippen LogP contribution is 2.13. The van der Waals surface area contributed by atoms with Crippen molar-refractivity contribution in [3.05, 3.63) is 67.5 Å². The van der Waals surface area contributed by atoms with E-state index in [0.29, 0.717) is 12.2 Å². The second kappa shape index (κ2) is 7.53. The molecule has 0 radical (unpaired) electrons. The highest BCUT2D eigenvalue weighted by molar-refractivity contribution is 6.08. The van der Waals surface area contributed by atoms with Crippen LogP contribution in [0.15, 0.2) is 33.9 Å². The molecule has 0 saturated heterocycles. The lowest BCUT2D eigenvalue weighted by atomic mass is 10.0. The number of ether oxygens (including phenoxy) is 1. The van der Waals surface area contributed by atoms with Gasteiger partial charge in [0.15, 0.2) is 0 Å². The number of nitrogens with zero attached hydrogens (tertiary/aromatic N) is 2. The average Bonchev–Trinajstić information content (AvgIpc) is 2.59. The Bertz CT molecular complexity index is 919. The molecule has 0 unspecified atom stereocenters. The molecule has 1 N–H and O–H groups in total. The van der Waals surface area contributed by atoms with Crippen LogP contribution in [-0.4, -0.2) is 21.9 Å². The molecule has 7 heteroatoms. The monoisotopic (exact) mass is 327 g/mol. The van der Waals surface area contributed by atoms with E-state index in [9.17, 15) is 14.4 Å². The fraction of sp³-hybridized carbons (Fsp3) is 0.294. The van der Waals surface area contributed by atoms with Gasteiger partial charge in [-0.15, -0.1) is 0 Å². The summed E-state index contributed by atoms with van der Waals surface area (Å²) in [4.78, 5) is 39.3. The van der Waals surface area contributed by atoms with Crippen molar-refractivity contribution >= 4 is 5.78 Å². The van der Waals surface area contributed by atoms with E-state index >= 15 is 0 Å². The fourth-order valence-corrected chi connectivity index (χ4v) is 2.37. The second-order valence-electron chi connectivity index (χ2n) is 5.01. The van der Waals surface area contributed by atoms with Gasteiger partial charge in [-0.05, 0) is 25.5 Å². The largest absolute Gasteiger partial charge is 0.361 e. The van der Waals surface area contributed by atoms with Crippen molar-refractivity contribution in [2.75, 3.05) is 6.61 Å². The summed E-state index contributed by atoms with van der Waals surface area (Å²) in [5.41, 5.74) is -0.529. The molecular weight excluding hydrogens is 310 g/mol. The van der Waals surface area contributed by atoms with E-state index in [1.165, 1.54) is 6.07 Å². The molecule has 0 aliphatic carbocycles. The zero-order valence-electron chi connectivity index (χ0n) is 13.5. The second-order valence-corrected chi connectivity index (χ2v) is 5.01. The van der Waals surface area contributed by atoms with Crippen LogP contribution < -0.4 is 11.2 Å². The minimum absolute atomic E-state index is 0.00482. The predicted molar refractivity (Wildman–Crippen MR) is 86.9 cm³/mol. The standard InChI is InChI=1S/C17H17N3O4/c1-3-13-14(15(21)12-7-5-6-11(8-12)9-18)20(10-24-4-2)17(23)19-16(13)22/h5-8H,3-4,10H2,1-2H3,(H,19,22,23). The van der Waals surface area contributed by atoms with Crippen molar-refractivity contribution in [2.45, 2.75) is 27.0 Å². The molecule has 24 heavy (non-hydrogen) atoms. The van der Waals surface area contributed by atoms with E-state index in [4.69, 9.17) is 10.00 Å². The minimum atomic E-state index is -0.703. The van der Waals surface area contributed by atoms with Crippen LogP contribution in [0.5, 0.6) is 0 Å². The molecule has 0 spiro atoms. The van der Waals surface area contributed by atoms with Crippen molar-refractivity contribution in [3.63, 3.8) is 0 Å². The number of hydrogen-bond donors (Lipinski definition) is 1. The molecule has 1 aromatic heterocycles. The van der Waals surface area contributed by atoms with Gasteiger partial charge in [0.1, 0.15) is 12.4 Å². The van der Waals surface area contributed by atoms with Crippen LogP contribution in [0.1, 0.15) is 41.0 Å². The van der Waals surface area contributed by atoms with E-state index in [1.807, 2.05) is 6.07 Å². The van der Waals surface area contributed by atoms with Gasteiger partial charge in [-0.25, -0.2) is 4.79 Å². The van der Waals surface area contributed by atoms with Crippen LogP contribution in [0.4, 0.5) is 0 Å². The van der Waals surface area contributed by atoms with E-state index in [-0.39, 0.29) is 30.0 Å². The maximum absolute atomic E-state index is 12.9. The van der Waals surface area contributed by atoms with Crippen molar-refractivity contribution in [1.29, 1.82) is 5.26 Å². The SMILES string of the molecule is CCOCn1c(C(=O)c2cccc(C#N)c2)c(CC)c(=O)[nH]c1=O. The van der Waals surface area contributed by atoms with E-state index in [1.54, 1.807) is 32.0 Å². The van der Waals surface area contributed by atoms with Crippen molar-refractivity contribution in [1.82, 2.24) is 9.55 Å². The van der Waals surface area contributed by atoms with Gasteiger partial charge in [-0.2, -0.15) is 5.26 Å². The molecule has 2 rings (SSSR count). The molecule has 1 heterocycles. The Morgan fingerprint density at radius 2 is 2.08 bits per heavy atom. The smallest absolute Gasteiger partial charge is 0.330 e. The number of ketones is 1. The Balaban J connectivity index is 2.70. The minimum Gasteiger partial charge on any atom is -0.361 e. The Kier molecular flexibility index (Phi) is 5.45. The highest BCUT2D eigenvalue weighted by atomic mass is 16.5. The third-order valence-corrected chi connectivity index (χ3v) is 3.54. The molecule has 0 aliphatic rings. The Hall–Kier alpha value is -2.98. The van der Waals surface area contributed by atoms with E-state index in [2.05, 4.69) is 4.98 Å². The first-order valence-corrected chi connectivity index (χ1v) is 7.52. The predicted octanol–water partition coefficient (Wildman–Crippen LogP) is 1.20. The number of benzene rings is 1. The van der Waals surface area contributed by atoms with Gasteiger partial charge >= 0.3 is 5.69 Å². The number of carbonyl (C=O) groups is 1. The van der Waals surface area contributed by atoms with Gasteiger partial charge < -0.3 is 4.74 Å². The van der Waals surface area contributed by atoms with Crippen LogP contribution in [0.25, 0.3) is 0 Å². The summed E-state index contributed by atoms with van der Waals surface area (Å²) in [6.07, 6.45) is 0.279. The maximum Gasteiger partial charge on any atom is 0.330 e. The van der Waals surface area contributed by atoms with Crippen LogP contribution in [-0.2, 0) is 17.9 Å². The number of nitriles is 1. The summed E-state index contributed by atoms with van der Waals surface area (Å²) in [6.45, 7) is 3.70.